The smallest absolute Gasteiger partial charge is 0.250 e. The van der Waals surface area contributed by atoms with E-state index in [9.17, 15) is 9.18 Å². The fourth-order valence-corrected chi connectivity index (χ4v) is 5.23. The highest BCUT2D eigenvalue weighted by atomic mass is 35.5. The third kappa shape index (κ3) is 6.81. The maximum absolute atomic E-state index is 13.0. The zero-order chi connectivity index (χ0) is 20.6. The van der Waals surface area contributed by atoms with Crippen LogP contribution in [0.15, 0.2) is 62.3 Å². The van der Waals surface area contributed by atoms with E-state index in [1.165, 1.54) is 35.2 Å². The van der Waals surface area contributed by atoms with Crippen molar-refractivity contribution in [3.8, 4) is 0 Å². The number of nitrogens with zero attached hydrogens (tertiary/aromatic N) is 3. The number of benzene rings is 2. The van der Waals surface area contributed by atoms with Gasteiger partial charge in [0.15, 0.2) is 8.68 Å². The number of hydrogen-bond donors (Lipinski definition) is 1. The van der Waals surface area contributed by atoms with Gasteiger partial charge in [-0.05, 0) is 36.2 Å². The van der Waals surface area contributed by atoms with Gasteiger partial charge in [-0.3, -0.25) is 4.79 Å². The summed E-state index contributed by atoms with van der Waals surface area (Å²) in [7, 11) is 0. The lowest BCUT2D eigenvalue weighted by Gasteiger charge is -2.02. The van der Waals surface area contributed by atoms with Gasteiger partial charge in [0, 0.05) is 10.8 Å². The first-order chi connectivity index (χ1) is 14.0. The summed E-state index contributed by atoms with van der Waals surface area (Å²) in [5.74, 6) is 0.307. The van der Waals surface area contributed by atoms with E-state index in [1.807, 2.05) is 24.3 Å². The molecule has 3 rings (SSSR count). The van der Waals surface area contributed by atoms with Crippen molar-refractivity contribution in [1.82, 2.24) is 15.6 Å². The first-order valence-corrected chi connectivity index (χ1v) is 11.6. The molecule has 1 amide bonds. The molecule has 3 aromatic rings. The summed E-state index contributed by atoms with van der Waals surface area (Å²) in [6.07, 6.45) is 0. The van der Waals surface area contributed by atoms with Gasteiger partial charge in [-0.2, -0.15) is 5.10 Å². The fraction of sp³-hybridized carbons (Fsp3) is 0.158. The SMILES string of the molecule is CC(=NNC(=O)CSc1nnc(SCc2ccccc2Cl)s1)c1ccc(F)cc1. The molecule has 0 unspecified atom stereocenters. The summed E-state index contributed by atoms with van der Waals surface area (Å²) < 4.78 is 14.5. The Bertz CT molecular complexity index is 1010. The van der Waals surface area contributed by atoms with Gasteiger partial charge in [-0.1, -0.05) is 76.8 Å². The molecule has 1 heterocycles. The molecular weight excluding hydrogens is 451 g/mol. The van der Waals surface area contributed by atoms with Crippen LogP contribution < -0.4 is 5.43 Å². The minimum absolute atomic E-state index is 0.171. The topological polar surface area (TPSA) is 67.2 Å². The number of rotatable bonds is 8. The summed E-state index contributed by atoms with van der Waals surface area (Å²) in [6.45, 7) is 1.74. The Morgan fingerprint density at radius 3 is 2.55 bits per heavy atom. The Morgan fingerprint density at radius 2 is 1.83 bits per heavy atom. The summed E-state index contributed by atoms with van der Waals surface area (Å²) >= 11 is 10.4. The maximum atomic E-state index is 13.0. The zero-order valence-corrected chi connectivity index (χ0v) is 18.5. The van der Waals surface area contributed by atoms with Crippen LogP contribution in [0, 0.1) is 5.82 Å². The Hall–Kier alpha value is -1.94. The third-order valence-electron chi connectivity index (χ3n) is 3.63. The lowest BCUT2D eigenvalue weighted by atomic mass is 10.1. The van der Waals surface area contributed by atoms with Crippen LogP contribution in [0.25, 0.3) is 0 Å². The molecule has 29 heavy (non-hydrogen) atoms. The van der Waals surface area contributed by atoms with Crippen molar-refractivity contribution in [3.63, 3.8) is 0 Å². The van der Waals surface area contributed by atoms with Gasteiger partial charge in [0.1, 0.15) is 5.82 Å². The zero-order valence-electron chi connectivity index (χ0n) is 15.3. The number of hydrogen-bond acceptors (Lipinski definition) is 7. The van der Waals surface area contributed by atoms with E-state index >= 15 is 0 Å². The molecule has 0 spiro atoms. The first kappa shape index (κ1) is 21.8. The van der Waals surface area contributed by atoms with E-state index in [0.717, 1.165) is 20.5 Å². The van der Waals surface area contributed by atoms with Crippen molar-refractivity contribution in [2.75, 3.05) is 5.75 Å². The predicted octanol–water partition coefficient (Wildman–Crippen LogP) is 5.26. The molecule has 1 N–H and O–H groups in total. The van der Waals surface area contributed by atoms with Gasteiger partial charge in [0.25, 0.3) is 5.91 Å². The van der Waals surface area contributed by atoms with Gasteiger partial charge in [-0.15, -0.1) is 10.2 Å². The van der Waals surface area contributed by atoms with Crippen LogP contribution in [0.1, 0.15) is 18.1 Å². The molecule has 2 aromatic carbocycles. The Balaban J connectivity index is 1.45. The minimum atomic E-state index is -0.316. The monoisotopic (exact) mass is 466 g/mol. The van der Waals surface area contributed by atoms with Crippen LogP contribution in [-0.4, -0.2) is 27.6 Å². The van der Waals surface area contributed by atoms with Gasteiger partial charge in [-0.25, -0.2) is 9.82 Å². The molecule has 5 nitrogen and oxygen atoms in total. The van der Waals surface area contributed by atoms with Gasteiger partial charge in [0.2, 0.25) is 0 Å². The van der Waals surface area contributed by atoms with Crippen molar-refractivity contribution in [2.45, 2.75) is 21.4 Å². The number of thioether (sulfide) groups is 2. The molecule has 1 aromatic heterocycles. The minimum Gasteiger partial charge on any atom is -0.272 e. The summed E-state index contributed by atoms with van der Waals surface area (Å²) in [6, 6.07) is 13.6. The summed E-state index contributed by atoms with van der Waals surface area (Å²) in [4.78, 5) is 12.0. The molecule has 0 aliphatic rings. The molecule has 150 valence electrons. The Morgan fingerprint density at radius 1 is 1.14 bits per heavy atom. The maximum Gasteiger partial charge on any atom is 0.250 e. The number of amides is 1. The van der Waals surface area contributed by atoms with E-state index in [4.69, 9.17) is 11.6 Å². The van der Waals surface area contributed by atoms with Gasteiger partial charge in [0.05, 0.1) is 11.5 Å². The quantitative estimate of drug-likeness (QED) is 0.279. The van der Waals surface area contributed by atoms with E-state index in [-0.39, 0.29) is 17.5 Å². The lowest BCUT2D eigenvalue weighted by Crippen LogP contribution is -2.21. The van der Waals surface area contributed by atoms with E-state index < -0.39 is 0 Å². The Kier molecular flexibility index (Phi) is 8.05. The second-order valence-electron chi connectivity index (χ2n) is 5.74. The van der Waals surface area contributed by atoms with Crippen LogP contribution in [0.4, 0.5) is 4.39 Å². The van der Waals surface area contributed by atoms with E-state index in [0.29, 0.717) is 15.8 Å². The average Bonchev–Trinajstić information content (AvgIpc) is 3.18. The van der Waals surface area contributed by atoms with Crippen LogP contribution in [-0.2, 0) is 10.5 Å². The van der Waals surface area contributed by atoms with Gasteiger partial charge >= 0.3 is 0 Å². The highest BCUT2D eigenvalue weighted by Gasteiger charge is 2.10. The molecule has 0 saturated carbocycles. The number of carbonyl (C=O) groups excluding carboxylic acids is 1. The second-order valence-corrected chi connectivity index (χ2v) is 9.57. The number of carbonyl (C=O) groups is 1. The number of aromatic nitrogens is 2. The van der Waals surface area contributed by atoms with Crippen molar-refractivity contribution >= 4 is 58.1 Å². The first-order valence-electron chi connectivity index (χ1n) is 8.43. The molecule has 10 heteroatoms. The van der Waals surface area contributed by atoms with Crippen LogP contribution in [0.5, 0.6) is 0 Å². The molecule has 0 radical (unpaired) electrons. The molecule has 0 atom stereocenters. The van der Waals surface area contributed by atoms with Crippen LogP contribution in [0.2, 0.25) is 5.02 Å². The summed E-state index contributed by atoms with van der Waals surface area (Å²) in [5, 5.41) is 13.0. The van der Waals surface area contributed by atoms with Crippen molar-refractivity contribution in [1.29, 1.82) is 0 Å². The third-order valence-corrected chi connectivity index (χ3v) is 7.24. The van der Waals surface area contributed by atoms with Gasteiger partial charge < -0.3 is 0 Å². The van der Waals surface area contributed by atoms with Crippen LogP contribution in [0.3, 0.4) is 0 Å². The van der Waals surface area contributed by atoms with E-state index in [2.05, 4.69) is 20.7 Å². The normalized spacial score (nSPS) is 11.5. The Labute approximate surface area is 185 Å². The number of halogens is 2. The van der Waals surface area contributed by atoms with E-state index in [1.54, 1.807) is 30.8 Å². The van der Waals surface area contributed by atoms with Crippen LogP contribution >= 0.6 is 46.5 Å². The lowest BCUT2D eigenvalue weighted by molar-refractivity contribution is -0.118. The molecular formula is C19H16ClFN4OS3. The highest BCUT2D eigenvalue weighted by molar-refractivity contribution is 8.03. The fourth-order valence-electron chi connectivity index (χ4n) is 2.13. The molecule has 0 aliphatic heterocycles. The number of hydrazone groups is 1. The number of nitrogens with one attached hydrogen (secondary N) is 1. The molecule has 0 bridgehead atoms. The van der Waals surface area contributed by atoms with Crippen molar-refractivity contribution in [3.05, 3.63) is 70.5 Å². The second kappa shape index (κ2) is 10.7. The van der Waals surface area contributed by atoms with Crippen molar-refractivity contribution in [2.24, 2.45) is 5.10 Å². The largest absolute Gasteiger partial charge is 0.272 e. The van der Waals surface area contributed by atoms with Crippen molar-refractivity contribution < 1.29 is 9.18 Å². The molecule has 0 saturated heterocycles. The predicted molar refractivity (Wildman–Crippen MR) is 118 cm³/mol. The average molecular weight is 467 g/mol. The highest BCUT2D eigenvalue weighted by Crippen LogP contribution is 2.32. The molecule has 0 fully saturated rings. The summed E-state index contributed by atoms with van der Waals surface area (Å²) in [5.41, 5.74) is 4.87. The molecule has 0 aliphatic carbocycles. The standard InChI is InChI=1S/C19H16ClFN4OS3/c1-12(13-6-8-15(21)9-7-13)22-23-17(26)11-28-19-25-24-18(29-19)27-10-14-4-2-3-5-16(14)20/h2-9H,10-11H2,1H3,(H,23,26).